The standard InChI is InChI=1S/C12H17NO2/c1-8-4-5-11(6-9(8)2)12(15)7-13-10(3)14/h4-6,12,15H,7H2,1-3H3,(H,13,14). The van der Waals surface area contributed by atoms with E-state index in [0.29, 0.717) is 0 Å². The van der Waals surface area contributed by atoms with Gasteiger partial charge in [-0.2, -0.15) is 0 Å². The summed E-state index contributed by atoms with van der Waals surface area (Å²) in [5, 5.41) is 12.4. The number of aliphatic hydroxyl groups excluding tert-OH is 1. The zero-order valence-electron chi connectivity index (χ0n) is 9.37. The van der Waals surface area contributed by atoms with Gasteiger partial charge in [0.05, 0.1) is 6.10 Å². The molecule has 1 aromatic carbocycles. The Kier molecular flexibility index (Phi) is 3.86. The molecule has 15 heavy (non-hydrogen) atoms. The maximum absolute atomic E-state index is 10.7. The molecular formula is C12H17NO2. The van der Waals surface area contributed by atoms with Gasteiger partial charge in [-0.05, 0) is 30.5 Å². The quantitative estimate of drug-likeness (QED) is 0.788. The van der Waals surface area contributed by atoms with E-state index in [1.165, 1.54) is 12.5 Å². The maximum atomic E-state index is 10.7. The number of carbonyl (C=O) groups is 1. The van der Waals surface area contributed by atoms with Gasteiger partial charge in [-0.3, -0.25) is 4.79 Å². The fraction of sp³-hybridized carbons (Fsp3) is 0.417. The minimum absolute atomic E-state index is 0.127. The van der Waals surface area contributed by atoms with Crippen molar-refractivity contribution in [1.29, 1.82) is 0 Å². The molecule has 0 aliphatic heterocycles. The van der Waals surface area contributed by atoms with E-state index in [-0.39, 0.29) is 12.5 Å². The lowest BCUT2D eigenvalue weighted by Crippen LogP contribution is -2.25. The van der Waals surface area contributed by atoms with Crippen molar-refractivity contribution in [2.24, 2.45) is 0 Å². The highest BCUT2D eigenvalue weighted by atomic mass is 16.3. The first-order valence-corrected chi connectivity index (χ1v) is 5.00. The molecular weight excluding hydrogens is 190 g/mol. The molecule has 82 valence electrons. The number of aryl methyl sites for hydroxylation is 2. The number of nitrogens with one attached hydrogen (secondary N) is 1. The van der Waals surface area contributed by atoms with Crippen LogP contribution >= 0.6 is 0 Å². The van der Waals surface area contributed by atoms with Crippen LogP contribution in [-0.4, -0.2) is 17.6 Å². The molecule has 1 unspecified atom stereocenters. The molecule has 1 aromatic rings. The molecule has 1 atom stereocenters. The van der Waals surface area contributed by atoms with Crippen molar-refractivity contribution in [3.63, 3.8) is 0 Å². The molecule has 0 spiro atoms. The average molecular weight is 207 g/mol. The van der Waals surface area contributed by atoms with Crippen molar-refractivity contribution in [2.45, 2.75) is 26.9 Å². The summed E-state index contributed by atoms with van der Waals surface area (Å²) in [6.07, 6.45) is -0.631. The number of hydrogen-bond donors (Lipinski definition) is 2. The summed E-state index contributed by atoms with van der Waals surface area (Å²) in [6, 6.07) is 5.80. The Balaban J connectivity index is 2.69. The third-order valence-electron chi connectivity index (χ3n) is 2.46. The maximum Gasteiger partial charge on any atom is 0.216 e. The van der Waals surface area contributed by atoms with Crippen molar-refractivity contribution in [3.05, 3.63) is 34.9 Å². The first kappa shape index (κ1) is 11.7. The van der Waals surface area contributed by atoms with E-state index in [2.05, 4.69) is 5.32 Å². The molecule has 1 amide bonds. The van der Waals surface area contributed by atoms with Crippen LogP contribution in [0.15, 0.2) is 18.2 Å². The number of carbonyl (C=O) groups excluding carboxylic acids is 1. The largest absolute Gasteiger partial charge is 0.387 e. The molecule has 0 saturated heterocycles. The second kappa shape index (κ2) is 4.94. The predicted molar refractivity (Wildman–Crippen MR) is 59.6 cm³/mol. The van der Waals surface area contributed by atoms with Gasteiger partial charge in [0.1, 0.15) is 0 Å². The molecule has 0 aliphatic rings. The SMILES string of the molecule is CC(=O)NCC(O)c1ccc(C)c(C)c1. The minimum Gasteiger partial charge on any atom is -0.387 e. The van der Waals surface area contributed by atoms with Crippen LogP contribution < -0.4 is 5.32 Å². The van der Waals surface area contributed by atoms with Crippen molar-refractivity contribution >= 4 is 5.91 Å². The summed E-state index contributed by atoms with van der Waals surface area (Å²) in [4.78, 5) is 10.7. The molecule has 2 N–H and O–H groups in total. The third kappa shape index (κ3) is 3.36. The molecule has 0 saturated carbocycles. The Morgan fingerprint density at radius 3 is 2.60 bits per heavy atom. The fourth-order valence-corrected chi connectivity index (χ4v) is 1.33. The zero-order valence-corrected chi connectivity index (χ0v) is 9.37. The summed E-state index contributed by atoms with van der Waals surface area (Å²) in [5.41, 5.74) is 3.19. The molecule has 3 nitrogen and oxygen atoms in total. The second-order valence-electron chi connectivity index (χ2n) is 3.80. The van der Waals surface area contributed by atoms with Crippen LogP contribution in [-0.2, 0) is 4.79 Å². The molecule has 3 heteroatoms. The molecule has 0 radical (unpaired) electrons. The van der Waals surface area contributed by atoms with Gasteiger partial charge in [-0.1, -0.05) is 18.2 Å². The third-order valence-corrected chi connectivity index (χ3v) is 2.46. The number of benzene rings is 1. The lowest BCUT2D eigenvalue weighted by Gasteiger charge is -2.12. The summed E-state index contributed by atoms with van der Waals surface area (Å²) in [7, 11) is 0. The van der Waals surface area contributed by atoms with Crippen molar-refractivity contribution in [2.75, 3.05) is 6.54 Å². The van der Waals surface area contributed by atoms with E-state index >= 15 is 0 Å². The lowest BCUT2D eigenvalue weighted by atomic mass is 10.0. The number of amides is 1. The van der Waals surface area contributed by atoms with E-state index in [1.807, 2.05) is 32.0 Å². The molecule has 0 fully saturated rings. The van der Waals surface area contributed by atoms with Crippen molar-refractivity contribution < 1.29 is 9.90 Å². The summed E-state index contributed by atoms with van der Waals surface area (Å²) < 4.78 is 0. The van der Waals surface area contributed by atoms with Gasteiger partial charge in [0.25, 0.3) is 0 Å². The van der Waals surface area contributed by atoms with E-state index in [0.717, 1.165) is 11.1 Å². The Hall–Kier alpha value is -1.35. The van der Waals surface area contributed by atoms with Gasteiger partial charge < -0.3 is 10.4 Å². The van der Waals surface area contributed by atoms with Crippen molar-refractivity contribution in [1.82, 2.24) is 5.32 Å². The van der Waals surface area contributed by atoms with Gasteiger partial charge in [-0.15, -0.1) is 0 Å². The predicted octanol–water partition coefficient (Wildman–Crippen LogP) is 1.47. The Labute approximate surface area is 90.1 Å². The Morgan fingerprint density at radius 2 is 2.07 bits per heavy atom. The van der Waals surface area contributed by atoms with Crippen LogP contribution in [0.5, 0.6) is 0 Å². The van der Waals surface area contributed by atoms with Crippen LogP contribution in [0.2, 0.25) is 0 Å². The smallest absolute Gasteiger partial charge is 0.216 e. The highest BCUT2D eigenvalue weighted by Crippen LogP contribution is 2.16. The van der Waals surface area contributed by atoms with E-state index in [1.54, 1.807) is 0 Å². The number of hydrogen-bond acceptors (Lipinski definition) is 2. The first-order chi connectivity index (χ1) is 7.00. The summed E-state index contributed by atoms with van der Waals surface area (Å²) in [5.74, 6) is -0.127. The average Bonchev–Trinajstić information content (AvgIpc) is 2.18. The van der Waals surface area contributed by atoms with E-state index in [4.69, 9.17) is 0 Å². The van der Waals surface area contributed by atoms with Gasteiger partial charge in [0.2, 0.25) is 5.91 Å². The topological polar surface area (TPSA) is 49.3 Å². The molecule has 1 rings (SSSR count). The monoisotopic (exact) mass is 207 g/mol. The van der Waals surface area contributed by atoms with Crippen LogP contribution in [0.4, 0.5) is 0 Å². The van der Waals surface area contributed by atoms with Crippen LogP contribution in [0.25, 0.3) is 0 Å². The van der Waals surface area contributed by atoms with Crippen molar-refractivity contribution in [3.8, 4) is 0 Å². The highest BCUT2D eigenvalue weighted by Gasteiger charge is 2.08. The van der Waals surface area contributed by atoms with Gasteiger partial charge in [0, 0.05) is 13.5 Å². The zero-order chi connectivity index (χ0) is 11.4. The summed E-state index contributed by atoms with van der Waals surface area (Å²) >= 11 is 0. The van der Waals surface area contributed by atoms with E-state index in [9.17, 15) is 9.90 Å². The van der Waals surface area contributed by atoms with Crippen LogP contribution in [0, 0.1) is 13.8 Å². The van der Waals surface area contributed by atoms with E-state index < -0.39 is 6.10 Å². The number of rotatable bonds is 3. The van der Waals surface area contributed by atoms with Gasteiger partial charge in [0.15, 0.2) is 0 Å². The molecule has 0 aliphatic carbocycles. The molecule has 0 heterocycles. The summed E-state index contributed by atoms with van der Waals surface area (Å²) in [6.45, 7) is 5.73. The van der Waals surface area contributed by atoms with Crippen LogP contribution in [0.3, 0.4) is 0 Å². The molecule has 0 bridgehead atoms. The molecule has 0 aromatic heterocycles. The van der Waals surface area contributed by atoms with Gasteiger partial charge >= 0.3 is 0 Å². The van der Waals surface area contributed by atoms with Crippen LogP contribution in [0.1, 0.15) is 29.7 Å². The number of aliphatic hydroxyl groups is 1. The highest BCUT2D eigenvalue weighted by molar-refractivity contribution is 5.72. The second-order valence-corrected chi connectivity index (χ2v) is 3.80. The Morgan fingerprint density at radius 1 is 1.40 bits per heavy atom. The Bertz CT molecular complexity index is 361. The first-order valence-electron chi connectivity index (χ1n) is 5.00. The normalized spacial score (nSPS) is 12.3. The fourth-order valence-electron chi connectivity index (χ4n) is 1.33. The minimum atomic E-state index is -0.631. The lowest BCUT2D eigenvalue weighted by molar-refractivity contribution is -0.119. The van der Waals surface area contributed by atoms with Gasteiger partial charge in [-0.25, -0.2) is 0 Å².